The molecule has 0 aromatic heterocycles. The van der Waals surface area contributed by atoms with Crippen LogP contribution >= 0.6 is 15.9 Å². The van der Waals surface area contributed by atoms with Crippen molar-refractivity contribution in [3.63, 3.8) is 0 Å². The Labute approximate surface area is 106 Å². The van der Waals surface area contributed by atoms with Crippen LogP contribution in [0.25, 0.3) is 0 Å². The van der Waals surface area contributed by atoms with Crippen LogP contribution in [0.1, 0.15) is 30.0 Å². The summed E-state index contributed by atoms with van der Waals surface area (Å²) >= 11 is 3.35. The molecule has 0 aliphatic rings. The monoisotopic (exact) mass is 283 g/mol. The van der Waals surface area contributed by atoms with Crippen LogP contribution in [0.3, 0.4) is 0 Å². The van der Waals surface area contributed by atoms with E-state index in [4.69, 9.17) is 0 Å². The smallest absolute Gasteiger partial charge is 0.238 e. The van der Waals surface area contributed by atoms with E-state index >= 15 is 0 Å². The molecular weight excluding hydrogens is 266 g/mol. The first-order valence-electron chi connectivity index (χ1n) is 5.48. The maximum absolute atomic E-state index is 11.8. The molecule has 2 nitrogen and oxygen atoms in total. The number of rotatable bonds is 3. The summed E-state index contributed by atoms with van der Waals surface area (Å²) in [6.45, 7) is 8.08. The number of halogens is 1. The van der Waals surface area contributed by atoms with Gasteiger partial charge < -0.3 is 5.32 Å². The van der Waals surface area contributed by atoms with E-state index in [1.807, 2.05) is 20.8 Å². The molecule has 0 radical (unpaired) electrons. The highest BCUT2D eigenvalue weighted by Crippen LogP contribution is 2.22. The number of nitrogens with one attached hydrogen (secondary N) is 1. The van der Waals surface area contributed by atoms with Gasteiger partial charge in [-0.3, -0.25) is 4.79 Å². The van der Waals surface area contributed by atoms with Crippen LogP contribution in [0.2, 0.25) is 0 Å². The Morgan fingerprint density at radius 3 is 2.25 bits per heavy atom. The summed E-state index contributed by atoms with van der Waals surface area (Å²) in [4.78, 5) is 11.7. The maximum atomic E-state index is 11.8. The van der Waals surface area contributed by atoms with Crippen molar-refractivity contribution in [2.45, 2.75) is 38.9 Å². The van der Waals surface area contributed by atoms with Gasteiger partial charge in [0, 0.05) is 5.69 Å². The molecule has 1 amide bonds. The van der Waals surface area contributed by atoms with Crippen molar-refractivity contribution in [3.05, 3.63) is 28.8 Å². The van der Waals surface area contributed by atoms with Crippen molar-refractivity contribution in [1.29, 1.82) is 0 Å². The molecule has 0 heterocycles. The first kappa shape index (κ1) is 13.2. The molecule has 3 heteroatoms. The number of hydrogen-bond donors (Lipinski definition) is 1. The van der Waals surface area contributed by atoms with Crippen molar-refractivity contribution in [2.24, 2.45) is 0 Å². The molecule has 0 aliphatic heterocycles. The number of carbonyl (C=O) groups is 1. The third-order valence-corrected chi connectivity index (χ3v) is 3.63. The van der Waals surface area contributed by atoms with E-state index in [2.05, 4.69) is 40.3 Å². The summed E-state index contributed by atoms with van der Waals surface area (Å²) < 4.78 is 0. The minimum atomic E-state index is -0.118. The molecule has 1 atom stereocenters. The van der Waals surface area contributed by atoms with E-state index < -0.39 is 0 Å². The Morgan fingerprint density at radius 1 is 1.31 bits per heavy atom. The van der Waals surface area contributed by atoms with Gasteiger partial charge in [-0.1, -0.05) is 40.5 Å². The van der Waals surface area contributed by atoms with Crippen LogP contribution in [-0.4, -0.2) is 10.7 Å². The minimum absolute atomic E-state index is 0.0255. The third kappa shape index (κ3) is 3.08. The van der Waals surface area contributed by atoms with Crippen LogP contribution in [0.15, 0.2) is 12.1 Å². The average molecular weight is 284 g/mol. The molecule has 1 N–H and O–H groups in total. The predicted molar refractivity (Wildman–Crippen MR) is 72.3 cm³/mol. The van der Waals surface area contributed by atoms with Gasteiger partial charge in [-0.05, 0) is 38.3 Å². The van der Waals surface area contributed by atoms with E-state index in [-0.39, 0.29) is 10.7 Å². The van der Waals surface area contributed by atoms with Crippen LogP contribution in [-0.2, 0) is 4.79 Å². The van der Waals surface area contributed by atoms with E-state index in [0.717, 1.165) is 23.2 Å². The minimum Gasteiger partial charge on any atom is -0.325 e. The second-order valence-corrected chi connectivity index (χ2v) is 5.24. The van der Waals surface area contributed by atoms with Crippen molar-refractivity contribution in [3.8, 4) is 0 Å². The molecule has 0 unspecified atom stereocenters. The molecule has 0 aliphatic carbocycles. The lowest BCUT2D eigenvalue weighted by molar-refractivity contribution is -0.115. The van der Waals surface area contributed by atoms with Crippen LogP contribution in [0, 0.1) is 20.8 Å². The Bertz CT molecular complexity index is 378. The van der Waals surface area contributed by atoms with Gasteiger partial charge in [0.2, 0.25) is 5.91 Å². The molecule has 0 saturated carbocycles. The zero-order valence-corrected chi connectivity index (χ0v) is 11.8. The molecule has 0 fully saturated rings. The Balaban J connectivity index is 2.93. The average Bonchev–Trinajstić information content (AvgIpc) is 2.21. The molecule has 16 heavy (non-hydrogen) atoms. The highest BCUT2D eigenvalue weighted by Gasteiger charge is 2.14. The highest BCUT2D eigenvalue weighted by atomic mass is 79.9. The SMILES string of the molecule is CC[C@@H](Br)C(=O)Nc1c(C)cc(C)cc1C. The molecule has 1 aromatic carbocycles. The number of alkyl halides is 1. The van der Waals surface area contributed by atoms with Crippen molar-refractivity contribution in [1.82, 2.24) is 0 Å². The van der Waals surface area contributed by atoms with Gasteiger partial charge in [0.05, 0.1) is 4.83 Å². The topological polar surface area (TPSA) is 29.1 Å². The molecule has 0 spiro atoms. The Hall–Kier alpha value is -0.830. The lowest BCUT2D eigenvalue weighted by Crippen LogP contribution is -2.23. The van der Waals surface area contributed by atoms with Gasteiger partial charge in [0.1, 0.15) is 0 Å². The summed E-state index contributed by atoms with van der Waals surface area (Å²) in [5.74, 6) is 0.0255. The van der Waals surface area contributed by atoms with Crippen molar-refractivity contribution >= 4 is 27.5 Å². The second kappa shape index (κ2) is 5.48. The summed E-state index contributed by atoms with van der Waals surface area (Å²) in [6.07, 6.45) is 0.787. The number of hydrogen-bond acceptors (Lipinski definition) is 1. The first-order chi connectivity index (χ1) is 7.45. The van der Waals surface area contributed by atoms with E-state index in [1.54, 1.807) is 0 Å². The summed E-state index contributed by atoms with van der Waals surface area (Å²) in [7, 11) is 0. The number of amides is 1. The van der Waals surface area contributed by atoms with Gasteiger partial charge in [-0.2, -0.15) is 0 Å². The Morgan fingerprint density at radius 2 is 1.81 bits per heavy atom. The molecule has 0 saturated heterocycles. The zero-order valence-electron chi connectivity index (χ0n) is 10.2. The third-order valence-electron chi connectivity index (χ3n) is 2.57. The summed E-state index contributed by atoms with van der Waals surface area (Å²) in [5.41, 5.74) is 4.38. The van der Waals surface area contributed by atoms with Crippen molar-refractivity contribution in [2.75, 3.05) is 5.32 Å². The summed E-state index contributed by atoms with van der Waals surface area (Å²) in [6, 6.07) is 4.16. The normalized spacial score (nSPS) is 12.3. The first-order valence-corrected chi connectivity index (χ1v) is 6.40. The fourth-order valence-corrected chi connectivity index (χ4v) is 1.88. The number of carbonyl (C=O) groups excluding carboxylic acids is 1. The van der Waals surface area contributed by atoms with Crippen LogP contribution < -0.4 is 5.32 Å². The lowest BCUT2D eigenvalue weighted by Gasteiger charge is -2.14. The second-order valence-electron chi connectivity index (χ2n) is 4.14. The fourth-order valence-electron chi connectivity index (χ4n) is 1.76. The van der Waals surface area contributed by atoms with E-state index in [0.29, 0.717) is 0 Å². The fraction of sp³-hybridized carbons (Fsp3) is 0.462. The largest absolute Gasteiger partial charge is 0.325 e. The zero-order chi connectivity index (χ0) is 12.3. The van der Waals surface area contributed by atoms with Gasteiger partial charge in [-0.15, -0.1) is 0 Å². The van der Waals surface area contributed by atoms with E-state index in [9.17, 15) is 4.79 Å². The molecule has 1 rings (SSSR count). The van der Waals surface area contributed by atoms with Crippen LogP contribution in [0.4, 0.5) is 5.69 Å². The van der Waals surface area contributed by atoms with Gasteiger partial charge in [0.25, 0.3) is 0 Å². The Kier molecular flexibility index (Phi) is 4.54. The van der Waals surface area contributed by atoms with Gasteiger partial charge in [0.15, 0.2) is 0 Å². The number of benzene rings is 1. The van der Waals surface area contributed by atoms with Crippen molar-refractivity contribution < 1.29 is 4.79 Å². The number of aryl methyl sites for hydroxylation is 3. The molecular formula is C13H18BrNO. The van der Waals surface area contributed by atoms with Gasteiger partial charge >= 0.3 is 0 Å². The lowest BCUT2D eigenvalue weighted by atomic mass is 10.0. The summed E-state index contributed by atoms with van der Waals surface area (Å²) in [5, 5.41) is 2.97. The molecule has 0 bridgehead atoms. The van der Waals surface area contributed by atoms with E-state index in [1.165, 1.54) is 5.56 Å². The molecule has 88 valence electrons. The highest BCUT2D eigenvalue weighted by molar-refractivity contribution is 9.10. The quantitative estimate of drug-likeness (QED) is 0.842. The molecule has 1 aromatic rings. The maximum Gasteiger partial charge on any atom is 0.238 e. The van der Waals surface area contributed by atoms with Gasteiger partial charge in [-0.25, -0.2) is 0 Å². The standard InChI is InChI=1S/C13H18BrNO/c1-5-11(14)13(16)15-12-9(3)6-8(2)7-10(12)4/h6-7,11H,5H2,1-4H3,(H,15,16)/t11-/m1/s1. The number of anilines is 1. The van der Waals surface area contributed by atoms with Crippen LogP contribution in [0.5, 0.6) is 0 Å². The predicted octanol–water partition coefficient (Wildman–Crippen LogP) is 3.72.